The van der Waals surface area contributed by atoms with Gasteiger partial charge in [0, 0.05) is 21.7 Å². The molecule has 76 valence electrons. The predicted molar refractivity (Wildman–Crippen MR) is 59.0 cm³/mol. The summed E-state index contributed by atoms with van der Waals surface area (Å²) in [6, 6.07) is 4.86. The van der Waals surface area contributed by atoms with Crippen LogP contribution in [0.4, 0.5) is 0 Å². The molecule has 0 aromatic heterocycles. The number of esters is 1. The van der Waals surface area contributed by atoms with E-state index in [1.807, 2.05) is 0 Å². The number of ether oxygens (including phenoxy) is 1. The lowest BCUT2D eigenvalue weighted by Gasteiger charge is -2.02. The third-order valence-corrected chi connectivity index (χ3v) is 2.88. The van der Waals surface area contributed by atoms with Gasteiger partial charge in [-0.3, -0.25) is 4.79 Å². The van der Waals surface area contributed by atoms with Crippen molar-refractivity contribution in [2.75, 3.05) is 7.11 Å². The van der Waals surface area contributed by atoms with Gasteiger partial charge in [0.15, 0.2) is 5.78 Å². The number of fused-ring (bicyclic) bond motifs is 1. The van der Waals surface area contributed by atoms with Gasteiger partial charge in [0.1, 0.15) is 0 Å². The summed E-state index contributed by atoms with van der Waals surface area (Å²) in [5.41, 5.74) is 1.79. The van der Waals surface area contributed by atoms with Gasteiger partial charge >= 0.3 is 5.97 Å². The number of hydrogen-bond donors (Lipinski definition) is 0. The zero-order valence-electron chi connectivity index (χ0n) is 7.91. The van der Waals surface area contributed by atoms with Gasteiger partial charge in [0.05, 0.1) is 12.7 Å². The Hall–Kier alpha value is -1.42. The monoisotopic (exact) mass is 266 g/mol. The number of rotatable bonds is 1. The van der Waals surface area contributed by atoms with Crippen LogP contribution in [0.5, 0.6) is 0 Å². The highest BCUT2D eigenvalue weighted by atomic mass is 79.9. The van der Waals surface area contributed by atoms with Crippen LogP contribution >= 0.6 is 15.9 Å². The molecule has 0 saturated carbocycles. The number of allylic oxidation sites excluding steroid dienone is 1. The lowest BCUT2D eigenvalue weighted by atomic mass is 10.1. The maximum absolute atomic E-state index is 11.4. The summed E-state index contributed by atoms with van der Waals surface area (Å²) >= 11 is 3.27. The van der Waals surface area contributed by atoms with Crippen LogP contribution in [0, 0.1) is 0 Å². The van der Waals surface area contributed by atoms with E-state index in [0.29, 0.717) is 15.6 Å². The van der Waals surface area contributed by atoms with Crippen LogP contribution in [-0.4, -0.2) is 18.9 Å². The topological polar surface area (TPSA) is 43.4 Å². The van der Waals surface area contributed by atoms with Crippen molar-refractivity contribution >= 4 is 32.2 Å². The molecule has 15 heavy (non-hydrogen) atoms. The van der Waals surface area contributed by atoms with E-state index in [2.05, 4.69) is 20.7 Å². The van der Waals surface area contributed by atoms with E-state index in [1.165, 1.54) is 13.2 Å². The highest BCUT2D eigenvalue weighted by Crippen LogP contribution is 2.32. The van der Waals surface area contributed by atoms with Crippen LogP contribution in [0.1, 0.15) is 26.3 Å². The van der Waals surface area contributed by atoms with E-state index >= 15 is 0 Å². The minimum absolute atomic E-state index is 0.0479. The van der Waals surface area contributed by atoms with E-state index in [-0.39, 0.29) is 5.78 Å². The molecule has 0 heterocycles. The lowest BCUT2D eigenvalue weighted by molar-refractivity contribution is 0.0600. The zero-order chi connectivity index (χ0) is 11.0. The molecular formula is C11H7BrO3. The van der Waals surface area contributed by atoms with Crippen molar-refractivity contribution in [3.63, 3.8) is 0 Å². The van der Waals surface area contributed by atoms with Gasteiger partial charge in [0.2, 0.25) is 0 Å². The fourth-order valence-corrected chi connectivity index (χ4v) is 2.01. The second-order valence-corrected chi connectivity index (χ2v) is 3.96. The van der Waals surface area contributed by atoms with Crippen molar-refractivity contribution in [1.29, 1.82) is 0 Å². The Morgan fingerprint density at radius 1 is 1.33 bits per heavy atom. The molecule has 0 bridgehead atoms. The van der Waals surface area contributed by atoms with E-state index < -0.39 is 5.97 Å². The van der Waals surface area contributed by atoms with Gasteiger partial charge in [-0.05, 0) is 18.2 Å². The second-order valence-electron chi connectivity index (χ2n) is 3.11. The van der Waals surface area contributed by atoms with Gasteiger partial charge < -0.3 is 4.74 Å². The van der Waals surface area contributed by atoms with Crippen LogP contribution < -0.4 is 0 Å². The normalized spacial score (nSPS) is 13.5. The summed E-state index contributed by atoms with van der Waals surface area (Å²) in [5, 5.41) is 0. The first-order valence-corrected chi connectivity index (χ1v) is 5.07. The lowest BCUT2D eigenvalue weighted by Crippen LogP contribution is -2.02. The number of hydrogen-bond acceptors (Lipinski definition) is 3. The Kier molecular flexibility index (Phi) is 2.44. The molecule has 0 atom stereocenters. The summed E-state index contributed by atoms with van der Waals surface area (Å²) in [6.45, 7) is 0. The second kappa shape index (κ2) is 3.62. The standard InChI is InChI=1S/C11H7BrO3/c1-15-11(14)6-2-3-7-8(4-6)9(12)5-10(7)13/h2-5H,1H3. The molecule has 1 aliphatic carbocycles. The van der Waals surface area contributed by atoms with E-state index in [4.69, 9.17) is 0 Å². The van der Waals surface area contributed by atoms with Crippen LogP contribution in [0.2, 0.25) is 0 Å². The largest absolute Gasteiger partial charge is 0.465 e. The Balaban J connectivity index is 2.52. The minimum Gasteiger partial charge on any atom is -0.465 e. The molecule has 0 spiro atoms. The molecule has 0 radical (unpaired) electrons. The Bertz CT molecular complexity index is 489. The zero-order valence-corrected chi connectivity index (χ0v) is 9.50. The number of carbonyl (C=O) groups excluding carboxylic acids is 2. The molecule has 0 N–H and O–H groups in total. The minimum atomic E-state index is -0.405. The van der Waals surface area contributed by atoms with Gasteiger partial charge in [-0.25, -0.2) is 4.79 Å². The average Bonchev–Trinajstić information content (AvgIpc) is 2.53. The molecule has 1 aromatic rings. The fourth-order valence-electron chi connectivity index (χ4n) is 1.47. The van der Waals surface area contributed by atoms with Crippen molar-refractivity contribution in [1.82, 2.24) is 0 Å². The molecule has 0 unspecified atom stereocenters. The SMILES string of the molecule is COC(=O)c1ccc2c(c1)C(Br)=CC2=O. The van der Waals surface area contributed by atoms with Gasteiger partial charge in [-0.1, -0.05) is 15.9 Å². The van der Waals surface area contributed by atoms with Crippen LogP contribution in [0.3, 0.4) is 0 Å². The molecule has 0 fully saturated rings. The maximum atomic E-state index is 11.4. The first-order valence-electron chi connectivity index (χ1n) is 4.27. The molecule has 4 heteroatoms. The smallest absolute Gasteiger partial charge is 0.337 e. The molecular weight excluding hydrogens is 260 g/mol. The van der Waals surface area contributed by atoms with Crippen molar-refractivity contribution < 1.29 is 14.3 Å². The molecule has 0 saturated heterocycles. The number of methoxy groups -OCH3 is 1. The number of benzene rings is 1. The highest BCUT2D eigenvalue weighted by Gasteiger charge is 2.21. The average molecular weight is 267 g/mol. The Morgan fingerprint density at radius 2 is 2.07 bits per heavy atom. The summed E-state index contributed by atoms with van der Waals surface area (Å²) in [6.07, 6.45) is 1.49. The van der Waals surface area contributed by atoms with Crippen molar-refractivity contribution in [2.24, 2.45) is 0 Å². The number of carbonyl (C=O) groups is 2. The van der Waals surface area contributed by atoms with Crippen LogP contribution in [0.15, 0.2) is 24.3 Å². The molecule has 1 aromatic carbocycles. The summed E-state index contributed by atoms with van der Waals surface area (Å²) in [5.74, 6) is -0.453. The first kappa shape index (κ1) is 10.1. The predicted octanol–water partition coefficient (Wildman–Crippen LogP) is 2.41. The van der Waals surface area contributed by atoms with Crippen LogP contribution in [0.25, 0.3) is 4.48 Å². The highest BCUT2D eigenvalue weighted by molar-refractivity contribution is 9.15. The fraction of sp³-hybridized carbons (Fsp3) is 0.0909. The molecule has 0 amide bonds. The summed E-state index contributed by atoms with van der Waals surface area (Å²) in [7, 11) is 1.32. The van der Waals surface area contributed by atoms with E-state index in [9.17, 15) is 9.59 Å². The molecule has 2 rings (SSSR count). The molecule has 3 nitrogen and oxygen atoms in total. The third-order valence-electron chi connectivity index (χ3n) is 2.22. The van der Waals surface area contributed by atoms with Crippen molar-refractivity contribution in [3.05, 3.63) is 41.0 Å². The van der Waals surface area contributed by atoms with Gasteiger partial charge in [-0.15, -0.1) is 0 Å². The van der Waals surface area contributed by atoms with E-state index in [0.717, 1.165) is 5.56 Å². The van der Waals surface area contributed by atoms with Gasteiger partial charge in [-0.2, -0.15) is 0 Å². The third kappa shape index (κ3) is 1.61. The van der Waals surface area contributed by atoms with Gasteiger partial charge in [0.25, 0.3) is 0 Å². The quantitative estimate of drug-likeness (QED) is 0.734. The number of halogens is 1. The first-order chi connectivity index (χ1) is 7.13. The van der Waals surface area contributed by atoms with Crippen molar-refractivity contribution in [3.8, 4) is 0 Å². The molecule has 1 aliphatic rings. The summed E-state index contributed by atoms with van der Waals surface area (Å²) < 4.78 is 5.30. The van der Waals surface area contributed by atoms with Crippen LogP contribution in [-0.2, 0) is 4.74 Å². The Morgan fingerprint density at radius 3 is 2.73 bits per heavy atom. The number of ketones is 1. The van der Waals surface area contributed by atoms with E-state index in [1.54, 1.807) is 18.2 Å². The van der Waals surface area contributed by atoms with Crippen molar-refractivity contribution in [2.45, 2.75) is 0 Å². The maximum Gasteiger partial charge on any atom is 0.337 e. The summed E-state index contributed by atoms with van der Waals surface area (Å²) in [4.78, 5) is 22.7. The Labute approximate surface area is 94.9 Å². The molecule has 0 aliphatic heterocycles.